The summed E-state index contributed by atoms with van der Waals surface area (Å²) in [6.07, 6.45) is 6.85. The topological polar surface area (TPSA) is 49.4 Å². The van der Waals surface area contributed by atoms with E-state index < -0.39 is 0 Å². The van der Waals surface area contributed by atoms with Gasteiger partial charge in [-0.05, 0) is 48.7 Å². The standard InChI is InChI=1S/C23H25BrN2O2/c1-26(20-14-12-19(24)13-15-20)23(28)21(16-17-8-4-2-5-9-17)25-22(27)18-10-6-3-7-11-18/h2,4-5,8-9,12-16,18H,3,6-7,10-11H2,1H3,(H,25,27)/b21-16-. The number of likely N-dealkylation sites (N-methyl/N-ethyl adjacent to an activating group) is 1. The van der Waals surface area contributed by atoms with Crippen LogP contribution in [0.3, 0.4) is 0 Å². The zero-order chi connectivity index (χ0) is 19.9. The Bertz CT molecular complexity index is 841. The van der Waals surface area contributed by atoms with Gasteiger partial charge in [-0.25, -0.2) is 0 Å². The Labute approximate surface area is 174 Å². The van der Waals surface area contributed by atoms with Gasteiger partial charge in [-0.15, -0.1) is 0 Å². The Morgan fingerprint density at radius 3 is 2.29 bits per heavy atom. The van der Waals surface area contributed by atoms with E-state index in [0.717, 1.165) is 41.4 Å². The van der Waals surface area contributed by atoms with Crippen LogP contribution in [-0.2, 0) is 9.59 Å². The summed E-state index contributed by atoms with van der Waals surface area (Å²) in [5.41, 5.74) is 1.94. The number of hydrogen-bond donors (Lipinski definition) is 1. The maximum Gasteiger partial charge on any atom is 0.274 e. The molecule has 0 bridgehead atoms. The van der Waals surface area contributed by atoms with Gasteiger partial charge in [0.05, 0.1) is 0 Å². The molecule has 4 nitrogen and oxygen atoms in total. The second kappa shape index (κ2) is 9.69. The van der Waals surface area contributed by atoms with Crippen molar-refractivity contribution in [3.63, 3.8) is 0 Å². The quantitative estimate of drug-likeness (QED) is 0.653. The van der Waals surface area contributed by atoms with Gasteiger partial charge in [0.15, 0.2) is 0 Å². The van der Waals surface area contributed by atoms with E-state index in [4.69, 9.17) is 0 Å². The number of benzene rings is 2. The van der Waals surface area contributed by atoms with Crippen molar-refractivity contribution in [2.24, 2.45) is 5.92 Å². The first-order valence-electron chi connectivity index (χ1n) is 9.66. The van der Waals surface area contributed by atoms with E-state index in [2.05, 4.69) is 21.2 Å². The number of amides is 2. The summed E-state index contributed by atoms with van der Waals surface area (Å²) in [4.78, 5) is 27.5. The van der Waals surface area contributed by atoms with Crippen LogP contribution >= 0.6 is 15.9 Å². The molecule has 0 saturated heterocycles. The molecule has 1 aliphatic rings. The van der Waals surface area contributed by atoms with Gasteiger partial charge < -0.3 is 10.2 Å². The number of anilines is 1. The summed E-state index contributed by atoms with van der Waals surface area (Å²) >= 11 is 3.41. The third-order valence-electron chi connectivity index (χ3n) is 5.09. The lowest BCUT2D eigenvalue weighted by Crippen LogP contribution is -2.39. The Morgan fingerprint density at radius 1 is 1.00 bits per heavy atom. The number of hydrogen-bond acceptors (Lipinski definition) is 2. The van der Waals surface area contributed by atoms with Crippen LogP contribution in [0.25, 0.3) is 6.08 Å². The van der Waals surface area contributed by atoms with Gasteiger partial charge in [-0.1, -0.05) is 65.5 Å². The fourth-order valence-corrected chi connectivity index (χ4v) is 3.69. The molecule has 146 valence electrons. The predicted molar refractivity (Wildman–Crippen MR) is 117 cm³/mol. The Morgan fingerprint density at radius 2 is 1.64 bits per heavy atom. The minimum atomic E-state index is -0.240. The van der Waals surface area contributed by atoms with Gasteiger partial charge in [0.25, 0.3) is 5.91 Å². The van der Waals surface area contributed by atoms with Crippen molar-refractivity contribution in [3.8, 4) is 0 Å². The number of carbonyl (C=O) groups is 2. The van der Waals surface area contributed by atoms with Crippen molar-refractivity contribution in [1.82, 2.24) is 5.32 Å². The molecule has 0 aliphatic heterocycles. The zero-order valence-corrected chi connectivity index (χ0v) is 17.6. The van der Waals surface area contributed by atoms with Gasteiger partial charge in [-0.2, -0.15) is 0 Å². The van der Waals surface area contributed by atoms with E-state index in [9.17, 15) is 9.59 Å². The molecule has 1 saturated carbocycles. The third kappa shape index (κ3) is 5.32. The second-order valence-corrected chi connectivity index (χ2v) is 8.05. The Kier molecular flexibility index (Phi) is 7.04. The monoisotopic (exact) mass is 440 g/mol. The second-order valence-electron chi connectivity index (χ2n) is 7.13. The molecular weight excluding hydrogens is 416 g/mol. The molecule has 1 N–H and O–H groups in total. The van der Waals surface area contributed by atoms with E-state index in [-0.39, 0.29) is 17.7 Å². The van der Waals surface area contributed by atoms with Crippen LogP contribution in [0, 0.1) is 5.92 Å². The molecule has 1 fully saturated rings. The van der Waals surface area contributed by atoms with Crippen LogP contribution in [0.1, 0.15) is 37.7 Å². The summed E-state index contributed by atoms with van der Waals surface area (Å²) < 4.78 is 0.947. The summed E-state index contributed by atoms with van der Waals surface area (Å²) in [6.45, 7) is 0. The van der Waals surface area contributed by atoms with Crippen molar-refractivity contribution in [3.05, 3.63) is 70.3 Å². The van der Waals surface area contributed by atoms with E-state index in [0.29, 0.717) is 5.70 Å². The first kappa shape index (κ1) is 20.3. The summed E-state index contributed by atoms with van der Waals surface area (Å²) in [6, 6.07) is 17.1. The third-order valence-corrected chi connectivity index (χ3v) is 5.62. The molecule has 0 atom stereocenters. The van der Waals surface area contributed by atoms with Gasteiger partial charge in [0.2, 0.25) is 5.91 Å². The molecule has 2 aromatic rings. The number of nitrogens with one attached hydrogen (secondary N) is 1. The van der Waals surface area contributed by atoms with Crippen LogP contribution in [-0.4, -0.2) is 18.9 Å². The molecule has 3 rings (SSSR count). The molecule has 0 radical (unpaired) electrons. The largest absolute Gasteiger partial charge is 0.321 e. The fourth-order valence-electron chi connectivity index (χ4n) is 3.43. The van der Waals surface area contributed by atoms with Crippen LogP contribution in [0.2, 0.25) is 0 Å². The highest BCUT2D eigenvalue weighted by Crippen LogP contribution is 2.24. The van der Waals surface area contributed by atoms with Crippen LogP contribution in [0.15, 0.2) is 64.8 Å². The van der Waals surface area contributed by atoms with E-state index in [1.54, 1.807) is 18.0 Å². The van der Waals surface area contributed by atoms with Crippen molar-refractivity contribution >= 4 is 39.5 Å². The summed E-state index contributed by atoms with van der Waals surface area (Å²) in [5.74, 6) is -0.312. The average Bonchev–Trinajstić information content (AvgIpc) is 2.74. The first-order valence-corrected chi connectivity index (χ1v) is 10.4. The highest BCUT2D eigenvalue weighted by molar-refractivity contribution is 9.10. The Hall–Kier alpha value is -2.40. The van der Waals surface area contributed by atoms with Crippen molar-refractivity contribution in [2.75, 3.05) is 11.9 Å². The molecule has 5 heteroatoms. The minimum Gasteiger partial charge on any atom is -0.321 e. The lowest BCUT2D eigenvalue weighted by Gasteiger charge is -2.24. The van der Waals surface area contributed by atoms with E-state index in [1.165, 1.54) is 6.42 Å². The molecule has 0 aromatic heterocycles. The smallest absolute Gasteiger partial charge is 0.274 e. The van der Waals surface area contributed by atoms with E-state index >= 15 is 0 Å². The SMILES string of the molecule is CN(C(=O)/C(=C/c1ccccc1)NC(=O)C1CCCCC1)c1ccc(Br)cc1. The maximum absolute atomic E-state index is 13.2. The first-order chi connectivity index (χ1) is 13.5. The molecule has 1 aliphatic carbocycles. The maximum atomic E-state index is 13.2. The van der Waals surface area contributed by atoms with Crippen molar-refractivity contribution in [2.45, 2.75) is 32.1 Å². The van der Waals surface area contributed by atoms with Crippen molar-refractivity contribution in [1.29, 1.82) is 0 Å². The van der Waals surface area contributed by atoms with Crippen LogP contribution in [0.4, 0.5) is 5.69 Å². The van der Waals surface area contributed by atoms with Crippen molar-refractivity contribution < 1.29 is 9.59 Å². The van der Waals surface area contributed by atoms with Crippen LogP contribution < -0.4 is 10.2 Å². The lowest BCUT2D eigenvalue weighted by molar-refractivity contribution is -0.126. The summed E-state index contributed by atoms with van der Waals surface area (Å²) in [5, 5.41) is 2.92. The molecule has 28 heavy (non-hydrogen) atoms. The van der Waals surface area contributed by atoms with Gasteiger partial charge in [0, 0.05) is 23.1 Å². The molecule has 2 amide bonds. The molecular formula is C23H25BrN2O2. The lowest BCUT2D eigenvalue weighted by atomic mass is 9.88. The Balaban J connectivity index is 1.84. The number of carbonyl (C=O) groups excluding carboxylic acids is 2. The van der Waals surface area contributed by atoms with Gasteiger partial charge in [-0.3, -0.25) is 9.59 Å². The normalized spacial score (nSPS) is 15.1. The highest BCUT2D eigenvalue weighted by Gasteiger charge is 2.25. The molecule has 0 spiro atoms. The number of rotatable bonds is 5. The summed E-state index contributed by atoms with van der Waals surface area (Å²) in [7, 11) is 1.72. The highest BCUT2D eigenvalue weighted by atomic mass is 79.9. The molecule has 0 unspecified atom stereocenters. The predicted octanol–water partition coefficient (Wildman–Crippen LogP) is 5.15. The number of nitrogens with zero attached hydrogens (tertiary/aromatic N) is 1. The minimum absolute atomic E-state index is 0.0151. The average molecular weight is 441 g/mol. The number of halogens is 1. The van der Waals surface area contributed by atoms with Gasteiger partial charge in [0.1, 0.15) is 5.70 Å². The zero-order valence-electron chi connectivity index (χ0n) is 16.0. The van der Waals surface area contributed by atoms with Gasteiger partial charge >= 0.3 is 0 Å². The van der Waals surface area contributed by atoms with E-state index in [1.807, 2.05) is 54.6 Å². The molecule has 2 aromatic carbocycles. The molecule has 0 heterocycles. The van der Waals surface area contributed by atoms with Crippen LogP contribution in [0.5, 0.6) is 0 Å². The fraction of sp³-hybridized carbons (Fsp3) is 0.304.